The van der Waals surface area contributed by atoms with Crippen molar-refractivity contribution in [3.63, 3.8) is 0 Å². The van der Waals surface area contributed by atoms with E-state index >= 15 is 0 Å². The van der Waals surface area contributed by atoms with Crippen LogP contribution >= 0.6 is 0 Å². The molecule has 14 heavy (non-hydrogen) atoms. The van der Waals surface area contributed by atoms with Crippen molar-refractivity contribution < 1.29 is 4.12 Å². The average Bonchev–Trinajstić information content (AvgIpc) is 2.20. The Morgan fingerprint density at radius 3 is 2.21 bits per heavy atom. The van der Waals surface area contributed by atoms with E-state index in [1.165, 1.54) is 44.2 Å². The highest BCUT2D eigenvalue weighted by atomic mass is 28.3. The molecule has 0 N–H and O–H groups in total. The summed E-state index contributed by atoms with van der Waals surface area (Å²) >= 11 is 0. The van der Waals surface area contributed by atoms with Gasteiger partial charge >= 0.3 is 0 Å². The van der Waals surface area contributed by atoms with Crippen molar-refractivity contribution in [2.45, 2.75) is 70.0 Å². The molecule has 0 bridgehead atoms. The van der Waals surface area contributed by atoms with Crippen LogP contribution in [-0.4, -0.2) is 18.8 Å². The highest BCUT2D eigenvalue weighted by Crippen LogP contribution is 2.41. The second kappa shape index (κ2) is 6.08. The minimum atomic E-state index is -0.745. The van der Waals surface area contributed by atoms with E-state index in [9.17, 15) is 0 Å². The lowest BCUT2D eigenvalue weighted by atomic mass is 9.90. The average molecular weight is 230 g/mol. The molecule has 0 saturated heterocycles. The van der Waals surface area contributed by atoms with Crippen LogP contribution in [0.1, 0.15) is 52.9 Å². The topological polar surface area (TPSA) is 9.23 Å². The van der Waals surface area contributed by atoms with Gasteiger partial charge in [0.1, 0.15) is 0 Å². The predicted molar refractivity (Wildman–Crippen MR) is 69.2 cm³/mol. The van der Waals surface area contributed by atoms with Crippen LogP contribution in [0.4, 0.5) is 0 Å². The first kappa shape index (κ1) is 12.5. The first-order valence-corrected chi connectivity index (χ1v) is 9.70. The van der Waals surface area contributed by atoms with Crippen LogP contribution < -0.4 is 0 Å². The Morgan fingerprint density at radius 1 is 1.14 bits per heavy atom. The monoisotopic (exact) mass is 230 g/mol. The fourth-order valence-corrected chi connectivity index (χ4v) is 8.20. The molecule has 1 aliphatic carbocycles. The van der Waals surface area contributed by atoms with Gasteiger partial charge in [0, 0.05) is 0 Å². The van der Waals surface area contributed by atoms with Gasteiger partial charge in [-0.2, -0.15) is 0 Å². The molecule has 84 valence electrons. The molecule has 1 rings (SSSR count). The van der Waals surface area contributed by atoms with E-state index in [0.29, 0.717) is 5.04 Å². The van der Waals surface area contributed by atoms with Crippen molar-refractivity contribution in [1.29, 1.82) is 0 Å². The second-order valence-corrected chi connectivity index (χ2v) is 11.3. The molecule has 1 fully saturated rings. The number of rotatable bonds is 5. The minimum absolute atomic E-state index is 0.239. The predicted octanol–water partition coefficient (Wildman–Crippen LogP) is 2.99. The van der Waals surface area contributed by atoms with Gasteiger partial charge < -0.3 is 4.12 Å². The highest BCUT2D eigenvalue weighted by molar-refractivity contribution is 6.59. The van der Waals surface area contributed by atoms with Crippen LogP contribution in [-0.2, 0) is 4.12 Å². The van der Waals surface area contributed by atoms with Crippen LogP contribution in [0.15, 0.2) is 0 Å². The summed E-state index contributed by atoms with van der Waals surface area (Å²) in [6, 6.07) is 2.67. The number of hydrogen-bond donors (Lipinski definition) is 0. The van der Waals surface area contributed by atoms with Crippen molar-refractivity contribution in [2.24, 2.45) is 0 Å². The molecular formula is C11H26OSi2. The fraction of sp³-hybridized carbons (Fsp3) is 1.00. The zero-order chi connectivity index (χ0) is 10.4. The molecule has 1 nitrogen and oxygen atoms in total. The fourth-order valence-electron chi connectivity index (χ4n) is 2.39. The van der Waals surface area contributed by atoms with Crippen LogP contribution in [0.3, 0.4) is 0 Å². The van der Waals surface area contributed by atoms with E-state index in [4.69, 9.17) is 4.12 Å². The lowest BCUT2D eigenvalue weighted by Crippen LogP contribution is -2.28. The first-order valence-electron chi connectivity index (χ1n) is 6.32. The van der Waals surface area contributed by atoms with Crippen molar-refractivity contribution in [1.82, 2.24) is 0 Å². The maximum Gasteiger partial charge on any atom is 0.162 e. The van der Waals surface area contributed by atoms with Crippen molar-refractivity contribution in [2.75, 3.05) is 0 Å². The van der Waals surface area contributed by atoms with Gasteiger partial charge in [0.15, 0.2) is 18.8 Å². The zero-order valence-corrected chi connectivity index (χ0v) is 12.7. The van der Waals surface area contributed by atoms with Gasteiger partial charge in [-0.15, -0.1) is 0 Å². The standard InChI is InChI=1S/C11H26OSi2/c1-4-14(5-2)12-13-11(3)9-7-6-8-10-11/h14H,4-10,13H2,1-3H3. The molecule has 1 saturated carbocycles. The van der Waals surface area contributed by atoms with E-state index in [0.717, 1.165) is 0 Å². The highest BCUT2D eigenvalue weighted by Gasteiger charge is 2.28. The van der Waals surface area contributed by atoms with Crippen molar-refractivity contribution >= 4 is 18.8 Å². The Morgan fingerprint density at radius 2 is 1.71 bits per heavy atom. The Balaban J connectivity index is 2.27. The smallest absolute Gasteiger partial charge is 0.162 e. The Labute approximate surface area is 93.3 Å². The summed E-state index contributed by atoms with van der Waals surface area (Å²) in [5.74, 6) is 0. The molecule has 0 radical (unpaired) electrons. The summed E-state index contributed by atoms with van der Waals surface area (Å²) in [7, 11) is -0.984. The largest absolute Gasteiger partial charge is 0.462 e. The van der Waals surface area contributed by atoms with Gasteiger partial charge in [0.2, 0.25) is 0 Å². The first-order chi connectivity index (χ1) is 6.70. The zero-order valence-electron chi connectivity index (χ0n) is 10.1. The van der Waals surface area contributed by atoms with E-state index in [2.05, 4.69) is 20.8 Å². The Kier molecular flexibility index (Phi) is 5.41. The van der Waals surface area contributed by atoms with Crippen molar-refractivity contribution in [3.05, 3.63) is 0 Å². The lowest BCUT2D eigenvalue weighted by Gasteiger charge is -2.34. The summed E-state index contributed by atoms with van der Waals surface area (Å²) in [4.78, 5) is 0. The van der Waals surface area contributed by atoms with Gasteiger partial charge in [-0.25, -0.2) is 0 Å². The number of hydrogen-bond acceptors (Lipinski definition) is 1. The molecular weight excluding hydrogens is 204 g/mol. The summed E-state index contributed by atoms with van der Waals surface area (Å²) in [6.07, 6.45) is 7.28. The van der Waals surface area contributed by atoms with Crippen LogP contribution in [0, 0.1) is 0 Å². The molecule has 0 spiro atoms. The quantitative estimate of drug-likeness (QED) is 0.660. The van der Waals surface area contributed by atoms with Gasteiger partial charge in [0.05, 0.1) is 0 Å². The third kappa shape index (κ3) is 3.87. The van der Waals surface area contributed by atoms with E-state index in [-0.39, 0.29) is 9.76 Å². The minimum Gasteiger partial charge on any atom is -0.462 e. The van der Waals surface area contributed by atoms with E-state index in [1.807, 2.05) is 0 Å². The molecule has 0 aliphatic heterocycles. The molecule has 0 aromatic heterocycles. The molecule has 0 aromatic rings. The van der Waals surface area contributed by atoms with Gasteiger partial charge in [-0.05, 0) is 30.0 Å². The molecule has 0 unspecified atom stereocenters. The SMILES string of the molecule is CC[SiH](CC)O[SiH2]C1(C)CCCCC1. The van der Waals surface area contributed by atoms with Gasteiger partial charge in [-0.3, -0.25) is 0 Å². The second-order valence-electron chi connectivity index (χ2n) is 5.12. The van der Waals surface area contributed by atoms with E-state index in [1.54, 1.807) is 0 Å². The summed E-state index contributed by atoms with van der Waals surface area (Å²) in [5.41, 5.74) is 0. The molecule has 0 aromatic carbocycles. The molecule has 0 amide bonds. The van der Waals surface area contributed by atoms with Crippen LogP contribution in [0.25, 0.3) is 0 Å². The van der Waals surface area contributed by atoms with Crippen LogP contribution in [0.5, 0.6) is 0 Å². The molecule has 3 heteroatoms. The summed E-state index contributed by atoms with van der Waals surface area (Å²) < 4.78 is 6.26. The van der Waals surface area contributed by atoms with Crippen molar-refractivity contribution in [3.8, 4) is 0 Å². The maximum atomic E-state index is 6.26. The van der Waals surface area contributed by atoms with Gasteiger partial charge in [-0.1, -0.05) is 40.0 Å². The normalized spacial score (nSPS) is 22.3. The molecule has 0 heterocycles. The third-order valence-corrected chi connectivity index (χ3v) is 9.42. The lowest BCUT2D eigenvalue weighted by molar-refractivity contribution is 0.373. The molecule has 0 atom stereocenters. The third-order valence-electron chi connectivity index (χ3n) is 3.64. The summed E-state index contributed by atoms with van der Waals surface area (Å²) in [6.45, 7) is 7.09. The van der Waals surface area contributed by atoms with E-state index < -0.39 is 9.04 Å². The Hall–Kier alpha value is 0.394. The van der Waals surface area contributed by atoms with Gasteiger partial charge in [0.25, 0.3) is 0 Å². The van der Waals surface area contributed by atoms with Crippen LogP contribution in [0.2, 0.25) is 17.1 Å². The summed E-state index contributed by atoms with van der Waals surface area (Å²) in [5, 5.41) is 0.661. The maximum absolute atomic E-state index is 6.26. The Bertz CT molecular complexity index is 151. The molecule has 1 aliphatic rings.